The van der Waals surface area contributed by atoms with Crippen LogP contribution in [0, 0.1) is 0 Å². The lowest BCUT2D eigenvalue weighted by molar-refractivity contribution is 0.0549. The Morgan fingerprint density at radius 1 is 0.794 bits per heavy atom. The lowest BCUT2D eigenvalue weighted by atomic mass is 9.94. The minimum Gasteiger partial charge on any atom is -0.478 e. The summed E-state index contributed by atoms with van der Waals surface area (Å²) in [5.74, 6) is -2.57. The number of carbonyl (C=O) groups is 3. The lowest BCUT2D eigenvalue weighted by Gasteiger charge is -2.10. The molecule has 4 aromatic rings. The fourth-order valence-electron chi connectivity index (χ4n) is 3.70. The second-order valence-corrected chi connectivity index (χ2v) is 7.23. The number of nitrogens with zero attached hydrogens (tertiary/aromatic N) is 2. The molecule has 1 N–H and O–H groups in total. The van der Waals surface area contributed by atoms with Crippen molar-refractivity contribution in [1.82, 2.24) is 9.78 Å². The van der Waals surface area contributed by atoms with E-state index in [0.29, 0.717) is 22.4 Å². The summed E-state index contributed by atoms with van der Waals surface area (Å²) in [4.78, 5) is 37.2. The molecule has 0 saturated carbocycles. The second-order valence-electron chi connectivity index (χ2n) is 7.23. The third-order valence-electron chi connectivity index (χ3n) is 5.26. The zero-order valence-corrected chi connectivity index (χ0v) is 18.4. The molecule has 0 atom stereocenters. The average Bonchev–Trinajstić information content (AvgIpc) is 3.29. The number of carboxylic acid groups (broad SMARTS) is 1. The van der Waals surface area contributed by atoms with Crippen molar-refractivity contribution >= 4 is 17.9 Å². The van der Waals surface area contributed by atoms with Gasteiger partial charge in [0, 0.05) is 5.56 Å². The maximum atomic E-state index is 12.9. The second kappa shape index (κ2) is 9.41. The first kappa shape index (κ1) is 22.5. The van der Waals surface area contributed by atoms with Gasteiger partial charge in [0.15, 0.2) is 5.69 Å². The van der Waals surface area contributed by atoms with E-state index in [4.69, 9.17) is 9.47 Å². The zero-order valence-electron chi connectivity index (χ0n) is 18.4. The number of benzene rings is 3. The summed E-state index contributed by atoms with van der Waals surface area (Å²) in [6.07, 6.45) is 0. The Morgan fingerprint density at radius 3 is 2.09 bits per heavy atom. The number of rotatable bonds is 6. The highest BCUT2D eigenvalue weighted by Gasteiger charge is 2.32. The molecule has 0 aliphatic rings. The van der Waals surface area contributed by atoms with Crippen molar-refractivity contribution in [2.45, 2.75) is 0 Å². The van der Waals surface area contributed by atoms with Crippen molar-refractivity contribution in [3.05, 3.63) is 95.7 Å². The summed E-state index contributed by atoms with van der Waals surface area (Å²) in [5, 5.41) is 14.0. The topological polar surface area (TPSA) is 108 Å². The zero-order chi connectivity index (χ0) is 24.2. The molecular weight excluding hydrogens is 436 g/mol. The van der Waals surface area contributed by atoms with E-state index in [9.17, 15) is 19.5 Å². The minimum absolute atomic E-state index is 0.0555. The molecule has 0 fully saturated rings. The predicted molar refractivity (Wildman–Crippen MR) is 124 cm³/mol. The third kappa shape index (κ3) is 4.04. The van der Waals surface area contributed by atoms with Crippen LogP contribution in [0.1, 0.15) is 31.2 Å². The van der Waals surface area contributed by atoms with Gasteiger partial charge in [0.05, 0.1) is 25.5 Å². The first-order chi connectivity index (χ1) is 16.5. The third-order valence-corrected chi connectivity index (χ3v) is 5.26. The van der Waals surface area contributed by atoms with Crippen LogP contribution in [-0.4, -0.2) is 47.0 Å². The highest BCUT2D eigenvalue weighted by atomic mass is 16.5. The van der Waals surface area contributed by atoms with Crippen LogP contribution in [0.5, 0.6) is 0 Å². The largest absolute Gasteiger partial charge is 0.478 e. The number of methoxy groups -OCH3 is 2. The van der Waals surface area contributed by atoms with Gasteiger partial charge in [-0.25, -0.2) is 19.1 Å². The molecule has 0 bridgehead atoms. The summed E-state index contributed by atoms with van der Waals surface area (Å²) in [6.45, 7) is 0. The molecular formula is C26H20N2O6. The highest BCUT2D eigenvalue weighted by molar-refractivity contribution is 6.08. The SMILES string of the molecule is COC(=O)c1c(-c2ccccc2-c2cccc(C(=O)O)c2)nn(-c2ccccc2)c1C(=O)OC. The van der Waals surface area contributed by atoms with Crippen molar-refractivity contribution in [2.75, 3.05) is 14.2 Å². The molecule has 0 unspecified atom stereocenters. The van der Waals surface area contributed by atoms with Crippen LogP contribution < -0.4 is 0 Å². The van der Waals surface area contributed by atoms with E-state index in [1.807, 2.05) is 6.07 Å². The summed E-state index contributed by atoms with van der Waals surface area (Å²) < 4.78 is 11.3. The number of ether oxygens (including phenoxy) is 2. The molecule has 0 radical (unpaired) electrons. The first-order valence-electron chi connectivity index (χ1n) is 10.2. The summed E-state index contributed by atoms with van der Waals surface area (Å²) in [5.41, 5.74) is 2.49. The predicted octanol–water partition coefficient (Wildman–Crippen LogP) is 4.48. The molecule has 170 valence electrons. The summed E-state index contributed by atoms with van der Waals surface area (Å²) in [7, 11) is 2.44. The maximum absolute atomic E-state index is 12.9. The molecule has 3 aromatic carbocycles. The average molecular weight is 456 g/mol. The van der Waals surface area contributed by atoms with Gasteiger partial charge in [-0.2, -0.15) is 5.10 Å². The molecule has 4 rings (SSSR count). The van der Waals surface area contributed by atoms with Crippen molar-refractivity contribution in [2.24, 2.45) is 0 Å². The van der Waals surface area contributed by atoms with Gasteiger partial charge in [-0.05, 0) is 35.4 Å². The minimum atomic E-state index is -1.06. The Hall–Kier alpha value is -4.72. The Labute approximate surface area is 195 Å². The van der Waals surface area contributed by atoms with Crippen molar-refractivity contribution in [1.29, 1.82) is 0 Å². The fourth-order valence-corrected chi connectivity index (χ4v) is 3.70. The monoisotopic (exact) mass is 456 g/mol. The Balaban J connectivity index is 2.04. The van der Waals surface area contributed by atoms with E-state index >= 15 is 0 Å². The maximum Gasteiger partial charge on any atom is 0.357 e. The van der Waals surface area contributed by atoms with E-state index in [2.05, 4.69) is 5.10 Å². The molecule has 0 aliphatic heterocycles. The number of hydrogen-bond donors (Lipinski definition) is 1. The van der Waals surface area contributed by atoms with Gasteiger partial charge in [-0.15, -0.1) is 0 Å². The molecule has 8 heteroatoms. The Bertz CT molecular complexity index is 1390. The van der Waals surface area contributed by atoms with Gasteiger partial charge in [0.1, 0.15) is 11.3 Å². The van der Waals surface area contributed by atoms with E-state index in [-0.39, 0.29) is 22.5 Å². The molecule has 0 aliphatic carbocycles. The number of carboxylic acids is 1. The van der Waals surface area contributed by atoms with Crippen LogP contribution in [0.4, 0.5) is 0 Å². The molecule has 34 heavy (non-hydrogen) atoms. The van der Waals surface area contributed by atoms with Crippen LogP contribution in [0.3, 0.4) is 0 Å². The van der Waals surface area contributed by atoms with Crippen LogP contribution in [0.2, 0.25) is 0 Å². The number of carbonyl (C=O) groups excluding carboxylic acids is 2. The van der Waals surface area contributed by atoms with Gasteiger partial charge < -0.3 is 14.6 Å². The Kier molecular flexibility index (Phi) is 6.22. The van der Waals surface area contributed by atoms with Gasteiger partial charge in [-0.1, -0.05) is 54.6 Å². The standard InChI is InChI=1S/C26H20N2O6/c1-33-25(31)21-22(27-28(23(21)26(32)34-2)18-11-4-3-5-12-18)20-14-7-6-13-19(20)16-9-8-10-17(15-16)24(29)30/h3-15H,1-2H3,(H,29,30). The fraction of sp³-hybridized carbons (Fsp3) is 0.0769. The van der Waals surface area contributed by atoms with E-state index in [1.54, 1.807) is 60.7 Å². The lowest BCUT2D eigenvalue weighted by Crippen LogP contribution is -2.15. The van der Waals surface area contributed by atoms with Gasteiger partial charge in [-0.3, -0.25) is 0 Å². The number of esters is 2. The van der Waals surface area contributed by atoms with E-state index in [1.165, 1.54) is 31.0 Å². The molecule has 1 heterocycles. The van der Waals surface area contributed by atoms with Crippen molar-refractivity contribution in [3.8, 4) is 28.1 Å². The number of aromatic nitrogens is 2. The summed E-state index contributed by atoms with van der Waals surface area (Å²) in [6, 6.07) is 22.4. The highest BCUT2D eigenvalue weighted by Crippen LogP contribution is 2.36. The quantitative estimate of drug-likeness (QED) is 0.426. The summed E-state index contributed by atoms with van der Waals surface area (Å²) >= 11 is 0. The Morgan fingerprint density at radius 2 is 1.44 bits per heavy atom. The molecule has 0 saturated heterocycles. The van der Waals surface area contributed by atoms with Crippen LogP contribution >= 0.6 is 0 Å². The molecule has 0 spiro atoms. The molecule has 0 amide bonds. The molecule has 1 aromatic heterocycles. The number of aromatic carboxylic acids is 1. The number of hydrogen-bond acceptors (Lipinski definition) is 6. The first-order valence-corrected chi connectivity index (χ1v) is 10.2. The van der Waals surface area contributed by atoms with Gasteiger partial charge >= 0.3 is 17.9 Å². The number of para-hydroxylation sites is 1. The van der Waals surface area contributed by atoms with E-state index in [0.717, 1.165) is 0 Å². The van der Waals surface area contributed by atoms with Crippen LogP contribution in [-0.2, 0) is 9.47 Å². The van der Waals surface area contributed by atoms with Gasteiger partial charge in [0.2, 0.25) is 0 Å². The van der Waals surface area contributed by atoms with Crippen LogP contribution in [0.25, 0.3) is 28.1 Å². The van der Waals surface area contributed by atoms with E-state index < -0.39 is 17.9 Å². The molecule has 8 nitrogen and oxygen atoms in total. The van der Waals surface area contributed by atoms with Crippen molar-refractivity contribution in [3.63, 3.8) is 0 Å². The normalized spacial score (nSPS) is 10.5. The van der Waals surface area contributed by atoms with Gasteiger partial charge in [0.25, 0.3) is 0 Å². The van der Waals surface area contributed by atoms with Crippen LogP contribution in [0.15, 0.2) is 78.9 Å². The smallest absolute Gasteiger partial charge is 0.357 e. The van der Waals surface area contributed by atoms with Crippen molar-refractivity contribution < 1.29 is 29.0 Å².